The van der Waals surface area contributed by atoms with Gasteiger partial charge in [-0.3, -0.25) is 9.78 Å². The molecule has 21 heavy (non-hydrogen) atoms. The van der Waals surface area contributed by atoms with E-state index in [0.29, 0.717) is 6.42 Å². The number of nitrogens with one attached hydrogen (secondary N) is 1. The van der Waals surface area contributed by atoms with Crippen molar-refractivity contribution in [2.45, 2.75) is 38.5 Å². The number of thioether (sulfide) groups is 1. The Kier molecular flexibility index (Phi) is 3.66. The molecule has 0 bridgehead atoms. The highest BCUT2D eigenvalue weighted by molar-refractivity contribution is 7.99. The lowest BCUT2D eigenvalue weighted by Crippen LogP contribution is -2.26. The van der Waals surface area contributed by atoms with Crippen molar-refractivity contribution in [3.8, 4) is 11.4 Å². The molecule has 0 atom stereocenters. The first-order valence-corrected chi connectivity index (χ1v) is 8.32. The zero-order chi connectivity index (χ0) is 15.0. The van der Waals surface area contributed by atoms with Crippen LogP contribution in [0.3, 0.4) is 0 Å². The molecule has 2 aromatic heterocycles. The number of carbonyl (C=O) groups is 1. The maximum Gasteiger partial charge on any atom is 0.166 e. The molecular weight excluding hydrogens is 280 g/mol. The van der Waals surface area contributed by atoms with Crippen molar-refractivity contribution >= 4 is 17.5 Å². The third-order valence-electron chi connectivity index (χ3n) is 3.81. The topological polar surface area (TPSA) is 45.8 Å². The van der Waals surface area contributed by atoms with E-state index >= 15 is 0 Å². The van der Waals surface area contributed by atoms with E-state index in [2.05, 4.69) is 30.7 Å². The Morgan fingerprint density at radius 1 is 1.33 bits per heavy atom. The standard InChI is InChI=1S/C17H20N2OS/c1-4-21-16-14-12(9-17(2,3)10-13(14)20)19-15(16)11-7-5-6-8-18-11/h5-8,19H,4,9-10H2,1-3H3. The minimum absolute atomic E-state index is 0.0322. The van der Waals surface area contributed by atoms with E-state index in [-0.39, 0.29) is 11.2 Å². The van der Waals surface area contributed by atoms with E-state index in [1.807, 2.05) is 18.2 Å². The van der Waals surface area contributed by atoms with Gasteiger partial charge in [-0.2, -0.15) is 0 Å². The molecule has 0 radical (unpaired) electrons. The SMILES string of the molecule is CCSc1c(-c2ccccn2)[nH]c2c1C(=O)CC(C)(C)C2. The highest BCUT2D eigenvalue weighted by atomic mass is 32.2. The van der Waals surface area contributed by atoms with E-state index in [0.717, 1.165) is 39.7 Å². The first kappa shape index (κ1) is 14.4. The fourth-order valence-corrected chi connectivity index (χ4v) is 3.97. The first-order chi connectivity index (χ1) is 10.0. The molecule has 2 heterocycles. The molecular formula is C17H20N2OS. The van der Waals surface area contributed by atoms with Gasteiger partial charge in [0.15, 0.2) is 5.78 Å². The number of carbonyl (C=O) groups excluding carboxylic acids is 1. The molecule has 3 nitrogen and oxygen atoms in total. The van der Waals surface area contributed by atoms with Crippen LogP contribution in [-0.2, 0) is 6.42 Å². The van der Waals surface area contributed by atoms with Crippen LogP contribution in [0.4, 0.5) is 0 Å². The maximum atomic E-state index is 12.6. The molecule has 0 saturated heterocycles. The lowest BCUT2D eigenvalue weighted by molar-refractivity contribution is 0.0908. The van der Waals surface area contributed by atoms with E-state index in [9.17, 15) is 4.79 Å². The van der Waals surface area contributed by atoms with Gasteiger partial charge in [0, 0.05) is 23.2 Å². The molecule has 4 heteroatoms. The van der Waals surface area contributed by atoms with Gasteiger partial charge in [-0.1, -0.05) is 26.8 Å². The number of hydrogen-bond acceptors (Lipinski definition) is 3. The molecule has 110 valence electrons. The van der Waals surface area contributed by atoms with Crippen LogP contribution in [0.5, 0.6) is 0 Å². The Morgan fingerprint density at radius 3 is 2.81 bits per heavy atom. The van der Waals surface area contributed by atoms with Gasteiger partial charge < -0.3 is 4.98 Å². The maximum absolute atomic E-state index is 12.6. The second kappa shape index (κ2) is 5.34. The van der Waals surface area contributed by atoms with Crippen molar-refractivity contribution in [1.82, 2.24) is 9.97 Å². The number of aromatic nitrogens is 2. The number of rotatable bonds is 3. The summed E-state index contributed by atoms with van der Waals surface area (Å²) in [4.78, 5) is 21.6. The van der Waals surface area contributed by atoms with Gasteiger partial charge in [0.1, 0.15) is 0 Å². The van der Waals surface area contributed by atoms with Gasteiger partial charge in [0.2, 0.25) is 0 Å². The normalized spacial score (nSPS) is 16.8. The van der Waals surface area contributed by atoms with Crippen LogP contribution in [0.25, 0.3) is 11.4 Å². The van der Waals surface area contributed by atoms with Gasteiger partial charge in [0.25, 0.3) is 0 Å². The van der Waals surface area contributed by atoms with Gasteiger partial charge in [0.05, 0.1) is 17.0 Å². The fraction of sp³-hybridized carbons (Fsp3) is 0.412. The molecule has 0 spiro atoms. The van der Waals surface area contributed by atoms with Crippen LogP contribution >= 0.6 is 11.8 Å². The van der Waals surface area contributed by atoms with Crippen molar-refractivity contribution < 1.29 is 4.79 Å². The molecule has 0 fully saturated rings. The molecule has 0 unspecified atom stereocenters. The summed E-state index contributed by atoms with van der Waals surface area (Å²) >= 11 is 1.73. The highest BCUT2D eigenvalue weighted by Crippen LogP contribution is 2.42. The van der Waals surface area contributed by atoms with Gasteiger partial charge in [-0.15, -0.1) is 11.8 Å². The molecule has 1 N–H and O–H groups in total. The largest absolute Gasteiger partial charge is 0.356 e. The summed E-state index contributed by atoms with van der Waals surface area (Å²) < 4.78 is 0. The molecule has 1 aliphatic carbocycles. The zero-order valence-corrected chi connectivity index (χ0v) is 13.5. The highest BCUT2D eigenvalue weighted by Gasteiger charge is 2.35. The first-order valence-electron chi connectivity index (χ1n) is 7.34. The Morgan fingerprint density at radius 2 is 2.14 bits per heavy atom. The molecule has 1 aliphatic rings. The second-order valence-electron chi connectivity index (χ2n) is 6.27. The van der Waals surface area contributed by atoms with Crippen molar-refractivity contribution in [1.29, 1.82) is 0 Å². The molecule has 2 aromatic rings. The molecule has 0 aliphatic heterocycles. The fourth-order valence-electron chi connectivity index (χ4n) is 3.00. The summed E-state index contributed by atoms with van der Waals surface area (Å²) in [6.07, 6.45) is 3.33. The van der Waals surface area contributed by atoms with Gasteiger partial charge in [-0.05, 0) is 29.7 Å². The van der Waals surface area contributed by atoms with Gasteiger partial charge in [-0.25, -0.2) is 0 Å². The Balaban J connectivity index is 2.17. The second-order valence-corrected chi connectivity index (χ2v) is 7.55. The Hall–Kier alpha value is -1.55. The number of ketones is 1. The molecule has 0 saturated carbocycles. The van der Waals surface area contributed by atoms with E-state index in [1.54, 1.807) is 18.0 Å². The van der Waals surface area contributed by atoms with Crippen molar-refractivity contribution in [3.63, 3.8) is 0 Å². The minimum Gasteiger partial charge on any atom is -0.356 e. The predicted molar refractivity (Wildman–Crippen MR) is 86.9 cm³/mol. The summed E-state index contributed by atoms with van der Waals surface area (Å²) in [5.41, 5.74) is 3.92. The average molecular weight is 300 g/mol. The number of pyridine rings is 1. The predicted octanol–water partition coefficient (Wildman–Crippen LogP) is 4.34. The number of hydrogen-bond donors (Lipinski definition) is 1. The molecule has 0 amide bonds. The molecule has 0 aromatic carbocycles. The number of H-pyrrole nitrogens is 1. The third-order valence-corrected chi connectivity index (χ3v) is 4.80. The van der Waals surface area contributed by atoms with Crippen LogP contribution in [0.15, 0.2) is 29.3 Å². The van der Waals surface area contributed by atoms with Gasteiger partial charge >= 0.3 is 0 Å². The number of aromatic amines is 1. The zero-order valence-electron chi connectivity index (χ0n) is 12.7. The lowest BCUT2D eigenvalue weighted by atomic mass is 9.76. The summed E-state index contributed by atoms with van der Waals surface area (Å²) in [5.74, 6) is 1.21. The molecule has 3 rings (SSSR count). The lowest BCUT2D eigenvalue weighted by Gasteiger charge is -2.28. The van der Waals surface area contributed by atoms with Crippen LogP contribution < -0.4 is 0 Å². The monoisotopic (exact) mass is 300 g/mol. The number of nitrogens with zero attached hydrogens (tertiary/aromatic N) is 1. The minimum atomic E-state index is 0.0322. The van der Waals surface area contributed by atoms with Crippen LogP contribution in [0.1, 0.15) is 43.2 Å². The Bertz CT molecular complexity index is 674. The Labute approximate surface area is 129 Å². The quantitative estimate of drug-likeness (QED) is 0.857. The smallest absolute Gasteiger partial charge is 0.166 e. The van der Waals surface area contributed by atoms with Crippen molar-refractivity contribution in [3.05, 3.63) is 35.7 Å². The number of fused-ring (bicyclic) bond motifs is 1. The summed E-state index contributed by atoms with van der Waals surface area (Å²) in [6.45, 7) is 6.42. The van der Waals surface area contributed by atoms with Crippen LogP contribution in [0.2, 0.25) is 0 Å². The van der Waals surface area contributed by atoms with E-state index < -0.39 is 0 Å². The third kappa shape index (κ3) is 2.64. The van der Waals surface area contributed by atoms with Crippen LogP contribution in [-0.4, -0.2) is 21.5 Å². The van der Waals surface area contributed by atoms with E-state index in [1.165, 1.54) is 0 Å². The van der Waals surface area contributed by atoms with Crippen LogP contribution in [0, 0.1) is 5.41 Å². The number of Topliss-reactive ketones (excluding diaryl/α,β-unsaturated/α-hetero) is 1. The summed E-state index contributed by atoms with van der Waals surface area (Å²) in [6, 6.07) is 5.88. The summed E-state index contributed by atoms with van der Waals surface area (Å²) in [5, 5.41) is 0. The van der Waals surface area contributed by atoms with Crippen molar-refractivity contribution in [2.24, 2.45) is 5.41 Å². The van der Waals surface area contributed by atoms with Crippen molar-refractivity contribution in [2.75, 3.05) is 5.75 Å². The van der Waals surface area contributed by atoms with E-state index in [4.69, 9.17) is 0 Å². The summed E-state index contributed by atoms with van der Waals surface area (Å²) in [7, 11) is 0. The average Bonchev–Trinajstić information content (AvgIpc) is 2.77.